The van der Waals surface area contributed by atoms with Crippen LogP contribution in [-0.4, -0.2) is 17.2 Å². The lowest BCUT2D eigenvalue weighted by Gasteiger charge is -2.17. The molecule has 0 radical (unpaired) electrons. The smallest absolute Gasteiger partial charge is 0.122 e. The zero-order chi connectivity index (χ0) is 14.0. The van der Waals surface area contributed by atoms with Crippen LogP contribution in [0.3, 0.4) is 0 Å². The third kappa shape index (κ3) is 2.76. The van der Waals surface area contributed by atoms with Crippen LogP contribution < -0.4 is 4.74 Å². The Labute approximate surface area is 113 Å². The molecule has 2 aromatic rings. The Balaban J connectivity index is 2.44. The molecule has 1 heterocycles. The number of aryl methyl sites for hydroxylation is 3. The molecule has 0 aliphatic heterocycles. The maximum absolute atomic E-state index is 10.5. The summed E-state index contributed by atoms with van der Waals surface area (Å²) >= 11 is 0. The molecule has 0 amide bonds. The molecule has 1 N–H and O–H groups in total. The van der Waals surface area contributed by atoms with Crippen molar-refractivity contribution in [3.05, 3.63) is 58.4 Å². The Morgan fingerprint density at radius 1 is 1.11 bits per heavy atom. The van der Waals surface area contributed by atoms with Gasteiger partial charge in [0, 0.05) is 11.9 Å². The van der Waals surface area contributed by atoms with Crippen LogP contribution in [0.5, 0.6) is 5.75 Å². The van der Waals surface area contributed by atoms with E-state index in [1.165, 1.54) is 0 Å². The highest BCUT2D eigenvalue weighted by Crippen LogP contribution is 2.30. The van der Waals surface area contributed by atoms with E-state index in [1.807, 2.05) is 45.0 Å². The quantitative estimate of drug-likeness (QED) is 0.918. The van der Waals surface area contributed by atoms with E-state index in [1.54, 1.807) is 13.3 Å². The second kappa shape index (κ2) is 5.41. The molecule has 0 fully saturated rings. The number of ether oxygens (including phenoxy) is 1. The predicted molar refractivity (Wildman–Crippen MR) is 75.5 cm³/mol. The molecule has 0 aliphatic rings. The van der Waals surface area contributed by atoms with Crippen LogP contribution in [0.25, 0.3) is 0 Å². The van der Waals surface area contributed by atoms with Crippen LogP contribution in [-0.2, 0) is 0 Å². The van der Waals surface area contributed by atoms with Crippen molar-refractivity contribution < 1.29 is 9.84 Å². The zero-order valence-corrected chi connectivity index (χ0v) is 11.8. The van der Waals surface area contributed by atoms with E-state index in [0.717, 1.165) is 33.7 Å². The number of benzene rings is 1. The molecule has 0 aliphatic carbocycles. The second-order valence-corrected chi connectivity index (χ2v) is 4.81. The van der Waals surface area contributed by atoms with Gasteiger partial charge in [0.1, 0.15) is 11.9 Å². The molecular weight excluding hydrogens is 238 g/mol. The van der Waals surface area contributed by atoms with Crippen molar-refractivity contribution in [1.82, 2.24) is 4.98 Å². The summed E-state index contributed by atoms with van der Waals surface area (Å²) in [5.74, 6) is 0.847. The van der Waals surface area contributed by atoms with Gasteiger partial charge in [-0.3, -0.25) is 4.98 Å². The van der Waals surface area contributed by atoms with Gasteiger partial charge in [-0.05, 0) is 67.3 Å². The number of aliphatic hydroxyl groups excluding tert-OH is 1. The van der Waals surface area contributed by atoms with Crippen molar-refractivity contribution in [3.63, 3.8) is 0 Å². The van der Waals surface area contributed by atoms with E-state index in [-0.39, 0.29) is 0 Å². The fourth-order valence-corrected chi connectivity index (χ4v) is 2.24. The molecule has 0 saturated heterocycles. The van der Waals surface area contributed by atoms with Gasteiger partial charge in [0.15, 0.2) is 0 Å². The molecule has 1 aromatic carbocycles. The first-order valence-corrected chi connectivity index (χ1v) is 6.28. The normalized spacial score (nSPS) is 12.3. The van der Waals surface area contributed by atoms with E-state index in [0.29, 0.717) is 0 Å². The average molecular weight is 257 g/mol. The fourth-order valence-electron chi connectivity index (χ4n) is 2.24. The Morgan fingerprint density at radius 2 is 1.84 bits per heavy atom. The largest absolute Gasteiger partial charge is 0.496 e. The van der Waals surface area contributed by atoms with Gasteiger partial charge in [-0.15, -0.1) is 0 Å². The molecule has 1 unspecified atom stereocenters. The van der Waals surface area contributed by atoms with Crippen molar-refractivity contribution in [2.45, 2.75) is 26.9 Å². The fraction of sp³-hybridized carbons (Fsp3) is 0.312. The number of rotatable bonds is 3. The third-order valence-corrected chi connectivity index (χ3v) is 3.31. The maximum Gasteiger partial charge on any atom is 0.122 e. The van der Waals surface area contributed by atoms with Crippen LogP contribution >= 0.6 is 0 Å². The monoisotopic (exact) mass is 257 g/mol. The lowest BCUT2D eigenvalue weighted by atomic mass is 9.95. The summed E-state index contributed by atoms with van der Waals surface area (Å²) in [5.41, 5.74) is 4.71. The molecule has 1 atom stereocenters. The standard InChI is InChI=1S/C16H19NO2/c1-10-8-15(19-4)11(2)7-14(10)16(18)13-5-6-17-12(3)9-13/h5-9,16,18H,1-4H3. The molecule has 0 saturated carbocycles. The first kappa shape index (κ1) is 13.6. The summed E-state index contributed by atoms with van der Waals surface area (Å²) in [5, 5.41) is 10.5. The third-order valence-electron chi connectivity index (χ3n) is 3.31. The molecule has 19 heavy (non-hydrogen) atoms. The number of methoxy groups -OCH3 is 1. The number of nitrogens with zero attached hydrogens (tertiary/aromatic N) is 1. The highest BCUT2D eigenvalue weighted by Gasteiger charge is 2.15. The molecule has 0 spiro atoms. The Bertz CT molecular complexity index is 593. The van der Waals surface area contributed by atoms with Crippen molar-refractivity contribution in [1.29, 1.82) is 0 Å². The second-order valence-electron chi connectivity index (χ2n) is 4.81. The first-order valence-electron chi connectivity index (χ1n) is 6.28. The minimum absolute atomic E-state index is 0.633. The number of pyridine rings is 1. The van der Waals surface area contributed by atoms with Crippen LogP contribution in [0, 0.1) is 20.8 Å². The van der Waals surface area contributed by atoms with Gasteiger partial charge in [0.2, 0.25) is 0 Å². The summed E-state index contributed by atoms with van der Waals surface area (Å²) in [7, 11) is 1.66. The lowest BCUT2D eigenvalue weighted by Crippen LogP contribution is -2.04. The summed E-state index contributed by atoms with van der Waals surface area (Å²) < 4.78 is 5.29. The average Bonchev–Trinajstić information content (AvgIpc) is 2.40. The molecule has 2 rings (SSSR count). The van der Waals surface area contributed by atoms with Crippen molar-refractivity contribution in [2.75, 3.05) is 7.11 Å². The molecule has 100 valence electrons. The van der Waals surface area contributed by atoms with E-state index in [4.69, 9.17) is 4.74 Å². The van der Waals surface area contributed by atoms with Gasteiger partial charge in [-0.25, -0.2) is 0 Å². The number of aromatic nitrogens is 1. The summed E-state index contributed by atoms with van der Waals surface area (Å²) in [6, 6.07) is 7.69. The lowest BCUT2D eigenvalue weighted by molar-refractivity contribution is 0.219. The van der Waals surface area contributed by atoms with Gasteiger partial charge in [-0.2, -0.15) is 0 Å². The summed E-state index contributed by atoms with van der Waals surface area (Å²) in [6.07, 6.45) is 1.09. The first-order chi connectivity index (χ1) is 9.02. The van der Waals surface area contributed by atoms with Crippen molar-refractivity contribution in [3.8, 4) is 5.75 Å². The zero-order valence-electron chi connectivity index (χ0n) is 11.8. The molecule has 3 nitrogen and oxygen atoms in total. The van der Waals surface area contributed by atoms with E-state index < -0.39 is 6.10 Å². The predicted octanol–water partition coefficient (Wildman–Crippen LogP) is 3.10. The van der Waals surface area contributed by atoms with Crippen molar-refractivity contribution >= 4 is 0 Å². The van der Waals surface area contributed by atoms with Crippen molar-refractivity contribution in [2.24, 2.45) is 0 Å². The maximum atomic E-state index is 10.5. The molecule has 1 aromatic heterocycles. The van der Waals surface area contributed by atoms with Crippen LogP contribution in [0.4, 0.5) is 0 Å². The van der Waals surface area contributed by atoms with Gasteiger partial charge >= 0.3 is 0 Å². The SMILES string of the molecule is COc1cc(C)c(C(O)c2ccnc(C)c2)cc1C. The number of hydrogen-bond acceptors (Lipinski definition) is 3. The van der Waals surface area contributed by atoms with Crippen LogP contribution in [0.15, 0.2) is 30.5 Å². The Kier molecular flexibility index (Phi) is 3.86. The highest BCUT2D eigenvalue weighted by molar-refractivity contribution is 5.44. The topological polar surface area (TPSA) is 42.4 Å². The summed E-state index contributed by atoms with van der Waals surface area (Å²) in [4.78, 5) is 4.15. The van der Waals surface area contributed by atoms with Crippen LogP contribution in [0.2, 0.25) is 0 Å². The minimum atomic E-state index is -0.633. The van der Waals surface area contributed by atoms with E-state index >= 15 is 0 Å². The van der Waals surface area contributed by atoms with Gasteiger partial charge in [-0.1, -0.05) is 0 Å². The Morgan fingerprint density at radius 3 is 2.47 bits per heavy atom. The van der Waals surface area contributed by atoms with Gasteiger partial charge < -0.3 is 9.84 Å². The molecule has 0 bridgehead atoms. The molecule has 3 heteroatoms. The van der Waals surface area contributed by atoms with Gasteiger partial charge in [0.25, 0.3) is 0 Å². The Hall–Kier alpha value is -1.87. The number of hydrogen-bond donors (Lipinski definition) is 1. The minimum Gasteiger partial charge on any atom is -0.496 e. The highest BCUT2D eigenvalue weighted by atomic mass is 16.5. The van der Waals surface area contributed by atoms with E-state index in [2.05, 4.69) is 4.98 Å². The van der Waals surface area contributed by atoms with E-state index in [9.17, 15) is 5.11 Å². The summed E-state index contributed by atoms with van der Waals surface area (Å²) in [6.45, 7) is 5.88. The van der Waals surface area contributed by atoms with Gasteiger partial charge in [0.05, 0.1) is 7.11 Å². The number of aliphatic hydroxyl groups is 1. The van der Waals surface area contributed by atoms with Crippen LogP contribution in [0.1, 0.15) is 34.1 Å². The molecular formula is C16H19NO2.